The molecule has 1 fully saturated rings. The number of fused-ring (bicyclic) bond motifs is 1. The molecule has 2 aromatic rings. The van der Waals surface area contributed by atoms with Crippen molar-refractivity contribution in [1.82, 2.24) is 25.4 Å². The van der Waals surface area contributed by atoms with Crippen molar-refractivity contribution in [2.24, 2.45) is 5.73 Å². The normalized spacial score (nSPS) is 18.1. The molecular formula is C17H27ClN6O. The molecule has 0 aromatic carbocycles. The van der Waals surface area contributed by atoms with E-state index >= 15 is 0 Å². The SMILES string of the molecule is Cc1[nH]nc2ncc(CN3CCCCC3CNC(=O)CCN)cc12.Cl. The first-order chi connectivity index (χ1) is 11.7. The van der Waals surface area contributed by atoms with Gasteiger partial charge in [0.05, 0.1) is 0 Å². The fourth-order valence-electron chi connectivity index (χ4n) is 3.33. The number of nitrogens with two attached hydrogens (primary N) is 1. The molecule has 1 saturated heterocycles. The predicted molar refractivity (Wildman–Crippen MR) is 101 cm³/mol. The molecule has 1 unspecified atom stereocenters. The number of carbonyl (C=O) groups is 1. The minimum atomic E-state index is 0. The highest BCUT2D eigenvalue weighted by Gasteiger charge is 2.23. The lowest BCUT2D eigenvalue weighted by molar-refractivity contribution is -0.121. The molecular weight excluding hydrogens is 340 g/mol. The van der Waals surface area contributed by atoms with Crippen LogP contribution in [0, 0.1) is 6.92 Å². The maximum atomic E-state index is 11.7. The minimum Gasteiger partial charge on any atom is -0.354 e. The molecule has 7 nitrogen and oxygen atoms in total. The first-order valence-electron chi connectivity index (χ1n) is 8.68. The van der Waals surface area contributed by atoms with Crippen molar-refractivity contribution in [3.05, 3.63) is 23.5 Å². The number of carbonyl (C=O) groups excluding carboxylic acids is 1. The quantitative estimate of drug-likeness (QED) is 0.719. The molecule has 25 heavy (non-hydrogen) atoms. The molecule has 3 heterocycles. The van der Waals surface area contributed by atoms with Crippen molar-refractivity contribution in [3.63, 3.8) is 0 Å². The van der Waals surface area contributed by atoms with E-state index < -0.39 is 0 Å². The third-order valence-corrected chi connectivity index (χ3v) is 4.70. The maximum absolute atomic E-state index is 11.7. The number of amides is 1. The number of piperidine rings is 1. The fourth-order valence-corrected chi connectivity index (χ4v) is 3.33. The maximum Gasteiger partial charge on any atom is 0.221 e. The van der Waals surface area contributed by atoms with Crippen molar-refractivity contribution in [3.8, 4) is 0 Å². The number of hydrogen-bond acceptors (Lipinski definition) is 5. The zero-order chi connectivity index (χ0) is 16.9. The van der Waals surface area contributed by atoms with Crippen molar-refractivity contribution in [2.75, 3.05) is 19.6 Å². The highest BCUT2D eigenvalue weighted by molar-refractivity contribution is 5.85. The van der Waals surface area contributed by atoms with Crippen LogP contribution in [0.5, 0.6) is 0 Å². The Hall–Kier alpha value is -1.70. The topological polar surface area (TPSA) is 99.9 Å². The summed E-state index contributed by atoms with van der Waals surface area (Å²) in [7, 11) is 0. The highest BCUT2D eigenvalue weighted by atomic mass is 35.5. The molecule has 0 saturated carbocycles. The van der Waals surface area contributed by atoms with Gasteiger partial charge in [0.25, 0.3) is 0 Å². The van der Waals surface area contributed by atoms with E-state index in [1.54, 1.807) is 0 Å². The summed E-state index contributed by atoms with van der Waals surface area (Å²) in [4.78, 5) is 18.6. The summed E-state index contributed by atoms with van der Waals surface area (Å²) in [5, 5.41) is 11.3. The van der Waals surface area contributed by atoms with Crippen LogP contribution >= 0.6 is 12.4 Å². The lowest BCUT2D eigenvalue weighted by Gasteiger charge is -2.35. The lowest BCUT2D eigenvalue weighted by Crippen LogP contribution is -2.46. The zero-order valence-corrected chi connectivity index (χ0v) is 15.4. The number of aryl methyl sites for hydroxylation is 1. The van der Waals surface area contributed by atoms with E-state index in [-0.39, 0.29) is 18.3 Å². The van der Waals surface area contributed by atoms with Crippen LogP contribution in [0.25, 0.3) is 11.0 Å². The van der Waals surface area contributed by atoms with Gasteiger partial charge in [0.15, 0.2) is 5.65 Å². The number of likely N-dealkylation sites (tertiary alicyclic amines) is 1. The van der Waals surface area contributed by atoms with Crippen LogP contribution in [-0.4, -0.2) is 51.7 Å². The molecule has 0 bridgehead atoms. The predicted octanol–water partition coefficient (Wildman–Crippen LogP) is 1.51. The van der Waals surface area contributed by atoms with Crippen LogP contribution in [-0.2, 0) is 11.3 Å². The average Bonchev–Trinajstić information content (AvgIpc) is 2.95. The molecule has 3 rings (SSSR count). The van der Waals surface area contributed by atoms with Gasteiger partial charge in [0.2, 0.25) is 5.91 Å². The van der Waals surface area contributed by atoms with Gasteiger partial charge in [0, 0.05) is 49.4 Å². The van der Waals surface area contributed by atoms with Crippen LogP contribution in [0.3, 0.4) is 0 Å². The molecule has 1 aliphatic heterocycles. The third kappa shape index (κ3) is 4.90. The van der Waals surface area contributed by atoms with Gasteiger partial charge in [0.1, 0.15) is 0 Å². The molecule has 1 amide bonds. The Morgan fingerprint density at radius 3 is 3.12 bits per heavy atom. The van der Waals surface area contributed by atoms with Gasteiger partial charge in [-0.15, -0.1) is 12.4 Å². The molecule has 1 atom stereocenters. The molecule has 4 N–H and O–H groups in total. The van der Waals surface area contributed by atoms with Gasteiger partial charge < -0.3 is 11.1 Å². The standard InChI is InChI=1S/C17H26N6O.ClH/c1-12-15-8-13(9-20-17(15)22-21-12)11-23-7-3-2-4-14(23)10-19-16(24)5-6-18;/h8-9,14H,2-7,10-11,18H2,1H3,(H,19,24)(H,20,21,22);1H. The van der Waals surface area contributed by atoms with E-state index in [0.717, 1.165) is 36.2 Å². The summed E-state index contributed by atoms with van der Waals surface area (Å²) in [6.07, 6.45) is 5.83. The Bertz CT molecular complexity index is 704. The van der Waals surface area contributed by atoms with Crippen LogP contribution in [0.2, 0.25) is 0 Å². The van der Waals surface area contributed by atoms with E-state index in [9.17, 15) is 4.79 Å². The number of nitrogens with zero attached hydrogens (tertiary/aromatic N) is 3. The Labute approximate surface area is 154 Å². The third-order valence-electron chi connectivity index (χ3n) is 4.70. The van der Waals surface area contributed by atoms with Gasteiger partial charge in [-0.1, -0.05) is 6.42 Å². The number of aromatic nitrogens is 3. The van der Waals surface area contributed by atoms with E-state index in [2.05, 4.69) is 31.5 Å². The van der Waals surface area contributed by atoms with E-state index in [1.165, 1.54) is 18.4 Å². The molecule has 0 spiro atoms. The molecule has 2 aromatic heterocycles. The summed E-state index contributed by atoms with van der Waals surface area (Å²) in [5.74, 6) is 0.0418. The van der Waals surface area contributed by atoms with Crippen molar-refractivity contribution in [1.29, 1.82) is 0 Å². The first kappa shape index (κ1) is 19.6. The van der Waals surface area contributed by atoms with E-state index in [1.807, 2.05) is 13.1 Å². The van der Waals surface area contributed by atoms with Gasteiger partial charge in [-0.25, -0.2) is 4.98 Å². The average molecular weight is 367 g/mol. The summed E-state index contributed by atoms with van der Waals surface area (Å²) in [6.45, 7) is 5.01. The number of nitrogens with one attached hydrogen (secondary N) is 2. The van der Waals surface area contributed by atoms with Gasteiger partial charge in [-0.2, -0.15) is 5.10 Å². The van der Waals surface area contributed by atoms with E-state index in [0.29, 0.717) is 25.6 Å². The Balaban J connectivity index is 0.00000225. The molecule has 0 aliphatic carbocycles. The Kier molecular flexibility index (Phi) is 7.16. The van der Waals surface area contributed by atoms with Gasteiger partial charge in [-0.05, 0) is 37.9 Å². The van der Waals surface area contributed by atoms with Crippen LogP contribution in [0.15, 0.2) is 12.3 Å². The highest BCUT2D eigenvalue weighted by Crippen LogP contribution is 2.21. The lowest BCUT2D eigenvalue weighted by atomic mass is 10.0. The number of aromatic amines is 1. The van der Waals surface area contributed by atoms with Crippen molar-refractivity contribution >= 4 is 29.3 Å². The second kappa shape index (κ2) is 9.12. The van der Waals surface area contributed by atoms with Crippen molar-refractivity contribution in [2.45, 2.75) is 45.2 Å². The van der Waals surface area contributed by atoms with Crippen molar-refractivity contribution < 1.29 is 4.79 Å². The number of pyridine rings is 1. The first-order valence-corrected chi connectivity index (χ1v) is 8.68. The Morgan fingerprint density at radius 2 is 2.32 bits per heavy atom. The molecule has 1 aliphatic rings. The second-order valence-corrected chi connectivity index (χ2v) is 6.53. The molecule has 8 heteroatoms. The van der Waals surface area contributed by atoms with Gasteiger partial charge >= 0.3 is 0 Å². The van der Waals surface area contributed by atoms with Gasteiger partial charge in [-0.3, -0.25) is 14.8 Å². The smallest absolute Gasteiger partial charge is 0.221 e. The summed E-state index contributed by atoms with van der Waals surface area (Å²) in [5.41, 5.74) is 8.43. The largest absolute Gasteiger partial charge is 0.354 e. The Morgan fingerprint density at radius 1 is 1.48 bits per heavy atom. The van der Waals surface area contributed by atoms with Crippen LogP contribution in [0.4, 0.5) is 0 Å². The second-order valence-electron chi connectivity index (χ2n) is 6.53. The minimum absolute atomic E-state index is 0. The summed E-state index contributed by atoms with van der Waals surface area (Å²) < 4.78 is 0. The monoisotopic (exact) mass is 366 g/mol. The summed E-state index contributed by atoms with van der Waals surface area (Å²) >= 11 is 0. The molecule has 0 radical (unpaired) electrons. The number of hydrogen-bond donors (Lipinski definition) is 3. The van der Waals surface area contributed by atoms with Crippen LogP contribution in [0.1, 0.15) is 36.9 Å². The zero-order valence-electron chi connectivity index (χ0n) is 14.6. The van der Waals surface area contributed by atoms with E-state index in [4.69, 9.17) is 5.73 Å². The van der Waals surface area contributed by atoms with Crippen LogP contribution < -0.4 is 11.1 Å². The number of H-pyrrole nitrogens is 1. The fraction of sp³-hybridized carbons (Fsp3) is 0.588. The molecule has 138 valence electrons. The summed E-state index contributed by atoms with van der Waals surface area (Å²) in [6, 6.07) is 2.54. The number of halogens is 1. The number of rotatable bonds is 6.